The first-order chi connectivity index (χ1) is 8.69. The fraction of sp³-hybridized carbons (Fsp3) is 0.250. The number of rotatable bonds is 4. The fourth-order valence-electron chi connectivity index (χ4n) is 1.93. The van der Waals surface area contributed by atoms with Crippen LogP contribution >= 0.6 is 0 Å². The Kier molecular flexibility index (Phi) is 4.91. The van der Waals surface area contributed by atoms with Gasteiger partial charge in [0.25, 0.3) is 0 Å². The number of aryl methyl sites for hydroxylation is 2. The molecule has 0 spiro atoms. The van der Waals surface area contributed by atoms with E-state index in [1.807, 2.05) is 0 Å². The van der Waals surface area contributed by atoms with Gasteiger partial charge in [0.15, 0.2) is 0 Å². The molecule has 0 heterocycles. The van der Waals surface area contributed by atoms with Gasteiger partial charge in [-0.05, 0) is 0 Å². The van der Waals surface area contributed by atoms with Gasteiger partial charge in [-0.1, -0.05) is 0 Å². The maximum atomic E-state index is 5.31. The Bertz CT molecular complexity index is 534. The first kappa shape index (κ1) is 13.7. The summed E-state index contributed by atoms with van der Waals surface area (Å²) in [6, 6.07) is 15.7. The molecular formula is C16H18BiO. The molecule has 0 atom stereocenters. The van der Waals surface area contributed by atoms with E-state index in [1.165, 1.54) is 23.2 Å². The van der Waals surface area contributed by atoms with Gasteiger partial charge in [0.05, 0.1) is 0 Å². The Morgan fingerprint density at radius 1 is 1.00 bits per heavy atom. The van der Waals surface area contributed by atoms with Gasteiger partial charge in [-0.2, -0.15) is 0 Å². The van der Waals surface area contributed by atoms with Crippen molar-refractivity contribution in [3.05, 3.63) is 59.2 Å². The van der Waals surface area contributed by atoms with Crippen molar-refractivity contribution in [3.63, 3.8) is 0 Å². The van der Waals surface area contributed by atoms with Crippen LogP contribution in [0.2, 0.25) is 0 Å². The van der Waals surface area contributed by atoms with Crippen molar-refractivity contribution < 1.29 is 4.74 Å². The SMILES string of the molecule is COCc1cc(C)cc[c]1[Bi][c]1cccc(C)c1. The molecule has 0 aliphatic carbocycles. The van der Waals surface area contributed by atoms with Crippen molar-refractivity contribution in [2.24, 2.45) is 0 Å². The van der Waals surface area contributed by atoms with Crippen LogP contribution in [0.4, 0.5) is 0 Å². The Labute approximate surface area is 121 Å². The zero-order valence-corrected chi connectivity index (χ0v) is 14.6. The van der Waals surface area contributed by atoms with Crippen molar-refractivity contribution in [1.29, 1.82) is 0 Å². The van der Waals surface area contributed by atoms with Crippen LogP contribution in [0.15, 0.2) is 42.5 Å². The van der Waals surface area contributed by atoms with Gasteiger partial charge in [-0.25, -0.2) is 0 Å². The predicted octanol–water partition coefficient (Wildman–Crippen LogP) is 2.10. The van der Waals surface area contributed by atoms with E-state index >= 15 is 0 Å². The molecule has 0 amide bonds. The third kappa shape index (κ3) is 3.64. The van der Waals surface area contributed by atoms with E-state index in [0.717, 1.165) is 6.61 Å². The standard InChI is InChI=1S/C9H11O.C7H7.Bi/c1-8-4-3-5-9(6-8)7-10-2;1-7-5-3-2-4-6-7;/h3-4,6H,7H2,1-2H3;2-3,5-6H,1H3;. The summed E-state index contributed by atoms with van der Waals surface area (Å²) in [7, 11) is 1.77. The average Bonchev–Trinajstić information content (AvgIpc) is 2.33. The average molecular weight is 435 g/mol. The topological polar surface area (TPSA) is 9.23 Å². The molecule has 0 aliphatic rings. The molecule has 0 bridgehead atoms. The van der Waals surface area contributed by atoms with E-state index in [-0.39, 0.29) is 0 Å². The summed E-state index contributed by atoms with van der Waals surface area (Å²) in [6.45, 7) is 5.03. The van der Waals surface area contributed by atoms with Crippen LogP contribution in [0.25, 0.3) is 0 Å². The van der Waals surface area contributed by atoms with Crippen molar-refractivity contribution in [2.75, 3.05) is 7.11 Å². The molecule has 2 heteroatoms. The first-order valence-corrected chi connectivity index (χ1v) is 9.53. The van der Waals surface area contributed by atoms with Gasteiger partial charge in [0, 0.05) is 0 Å². The molecule has 2 aromatic rings. The van der Waals surface area contributed by atoms with Crippen molar-refractivity contribution in [3.8, 4) is 0 Å². The number of ether oxygens (including phenoxy) is 1. The summed E-state index contributed by atoms with van der Waals surface area (Å²) in [5.41, 5.74) is 4.04. The first-order valence-electron chi connectivity index (χ1n) is 6.06. The van der Waals surface area contributed by atoms with E-state index in [0.29, 0.717) is 0 Å². The van der Waals surface area contributed by atoms with Crippen LogP contribution in [0.5, 0.6) is 0 Å². The zero-order valence-electron chi connectivity index (χ0n) is 11.1. The van der Waals surface area contributed by atoms with Crippen LogP contribution in [0.3, 0.4) is 0 Å². The maximum absolute atomic E-state index is 5.31. The van der Waals surface area contributed by atoms with Crippen LogP contribution in [0, 0.1) is 13.8 Å². The van der Waals surface area contributed by atoms with Crippen LogP contribution in [-0.4, -0.2) is 30.3 Å². The zero-order chi connectivity index (χ0) is 13.0. The predicted molar refractivity (Wildman–Crippen MR) is 78.1 cm³/mol. The molecule has 0 unspecified atom stereocenters. The number of methoxy groups -OCH3 is 1. The summed E-state index contributed by atoms with van der Waals surface area (Å²) >= 11 is -0.813. The van der Waals surface area contributed by atoms with Gasteiger partial charge in [0.2, 0.25) is 0 Å². The Hall–Kier alpha value is -0.717. The van der Waals surface area contributed by atoms with E-state index in [4.69, 9.17) is 4.74 Å². The van der Waals surface area contributed by atoms with Gasteiger partial charge in [0.1, 0.15) is 0 Å². The molecule has 0 saturated heterocycles. The summed E-state index contributed by atoms with van der Waals surface area (Å²) in [5.74, 6) is 0. The number of hydrogen-bond acceptors (Lipinski definition) is 1. The Morgan fingerprint density at radius 2 is 1.78 bits per heavy atom. The quantitative estimate of drug-likeness (QED) is 0.669. The Morgan fingerprint density at radius 3 is 2.50 bits per heavy atom. The molecule has 1 nitrogen and oxygen atoms in total. The second-order valence-corrected chi connectivity index (χ2v) is 9.27. The molecular weight excluding hydrogens is 417 g/mol. The number of benzene rings is 2. The Balaban J connectivity index is 2.28. The molecule has 1 radical (unpaired) electrons. The number of hydrogen-bond donors (Lipinski definition) is 0. The van der Waals surface area contributed by atoms with E-state index in [9.17, 15) is 0 Å². The molecule has 93 valence electrons. The van der Waals surface area contributed by atoms with Gasteiger partial charge in [-0.3, -0.25) is 0 Å². The van der Waals surface area contributed by atoms with Crippen molar-refractivity contribution in [2.45, 2.75) is 20.5 Å². The summed E-state index contributed by atoms with van der Waals surface area (Å²) < 4.78 is 8.39. The summed E-state index contributed by atoms with van der Waals surface area (Å²) in [4.78, 5) is 0. The summed E-state index contributed by atoms with van der Waals surface area (Å²) in [5, 5.41) is 0. The second-order valence-electron chi connectivity index (χ2n) is 4.52. The molecule has 2 rings (SSSR count). The normalized spacial score (nSPS) is 10.6. The van der Waals surface area contributed by atoms with Gasteiger partial charge >= 0.3 is 121 Å². The fourth-order valence-corrected chi connectivity index (χ4v) is 6.32. The van der Waals surface area contributed by atoms with E-state index in [1.54, 1.807) is 7.11 Å². The van der Waals surface area contributed by atoms with Crippen LogP contribution in [0.1, 0.15) is 16.7 Å². The van der Waals surface area contributed by atoms with Gasteiger partial charge < -0.3 is 0 Å². The van der Waals surface area contributed by atoms with Crippen molar-refractivity contribution in [1.82, 2.24) is 0 Å². The van der Waals surface area contributed by atoms with Crippen LogP contribution in [-0.2, 0) is 11.3 Å². The summed E-state index contributed by atoms with van der Waals surface area (Å²) in [6.07, 6.45) is 0. The molecule has 0 fully saturated rings. The minimum atomic E-state index is -0.813. The molecule has 2 aromatic carbocycles. The van der Waals surface area contributed by atoms with E-state index in [2.05, 4.69) is 56.3 Å². The molecule has 0 saturated carbocycles. The third-order valence-corrected chi connectivity index (χ3v) is 7.50. The molecule has 0 N–H and O–H groups in total. The third-order valence-electron chi connectivity index (χ3n) is 2.79. The second kappa shape index (κ2) is 6.45. The molecule has 0 aliphatic heterocycles. The molecule has 18 heavy (non-hydrogen) atoms. The molecule has 0 aromatic heterocycles. The van der Waals surface area contributed by atoms with E-state index < -0.39 is 23.2 Å². The minimum absolute atomic E-state index is 0.729. The van der Waals surface area contributed by atoms with Crippen LogP contribution < -0.4 is 6.54 Å². The van der Waals surface area contributed by atoms with Crippen molar-refractivity contribution >= 4 is 29.8 Å². The monoisotopic (exact) mass is 435 g/mol. The van der Waals surface area contributed by atoms with Gasteiger partial charge in [-0.15, -0.1) is 0 Å².